The second kappa shape index (κ2) is 7.45. The Balaban J connectivity index is 1.70. The maximum atomic E-state index is 6.05. The summed E-state index contributed by atoms with van der Waals surface area (Å²) in [6.07, 6.45) is 0.859. The van der Waals surface area contributed by atoms with Crippen LogP contribution in [0, 0.1) is 0 Å². The van der Waals surface area contributed by atoms with Gasteiger partial charge in [0.15, 0.2) is 0 Å². The van der Waals surface area contributed by atoms with E-state index in [4.69, 9.17) is 16.7 Å². The lowest BCUT2D eigenvalue weighted by Crippen LogP contribution is -2.18. The molecular weight excluding hydrogens is 354 g/mol. The van der Waals surface area contributed by atoms with Gasteiger partial charge in [0.25, 0.3) is 0 Å². The molecule has 0 bridgehead atoms. The summed E-state index contributed by atoms with van der Waals surface area (Å²) in [6, 6.07) is 27.2. The third-order valence-electron chi connectivity index (χ3n) is 4.90. The van der Waals surface area contributed by atoms with Crippen molar-refractivity contribution >= 4 is 28.7 Å². The summed E-state index contributed by atoms with van der Waals surface area (Å²) in [7, 11) is 4.12. The van der Waals surface area contributed by atoms with E-state index in [0.717, 1.165) is 28.4 Å². The first-order valence-corrected chi connectivity index (χ1v) is 9.44. The van der Waals surface area contributed by atoms with E-state index in [-0.39, 0.29) is 6.04 Å². The number of benzene rings is 3. The zero-order valence-corrected chi connectivity index (χ0v) is 16.3. The van der Waals surface area contributed by atoms with Crippen LogP contribution in [0.2, 0.25) is 5.02 Å². The van der Waals surface area contributed by atoms with E-state index >= 15 is 0 Å². The highest BCUT2D eigenvalue weighted by atomic mass is 35.5. The molecule has 0 unspecified atom stereocenters. The van der Waals surface area contributed by atoms with Gasteiger partial charge < -0.3 is 4.90 Å². The topological polar surface area (TPSA) is 18.8 Å². The molecule has 0 aromatic heterocycles. The summed E-state index contributed by atoms with van der Waals surface area (Å²) in [6.45, 7) is 0. The fraction of sp³-hybridized carbons (Fsp3) is 0.174. The lowest BCUT2D eigenvalue weighted by Gasteiger charge is -2.24. The van der Waals surface area contributed by atoms with E-state index in [1.165, 1.54) is 11.3 Å². The van der Waals surface area contributed by atoms with E-state index in [9.17, 15) is 0 Å². The molecule has 0 saturated carbocycles. The van der Waals surface area contributed by atoms with Gasteiger partial charge >= 0.3 is 0 Å². The smallest absolute Gasteiger partial charge is 0.0831 e. The molecule has 3 nitrogen and oxygen atoms in total. The molecule has 27 heavy (non-hydrogen) atoms. The van der Waals surface area contributed by atoms with Gasteiger partial charge in [-0.25, -0.2) is 0 Å². The van der Waals surface area contributed by atoms with E-state index in [2.05, 4.69) is 72.5 Å². The first-order chi connectivity index (χ1) is 13.1. The molecule has 4 heteroatoms. The van der Waals surface area contributed by atoms with Gasteiger partial charge in [-0.1, -0.05) is 54.1 Å². The molecular formula is C23H22ClN3. The van der Waals surface area contributed by atoms with Crippen LogP contribution in [0.15, 0.2) is 84.0 Å². The maximum absolute atomic E-state index is 6.05. The van der Waals surface area contributed by atoms with Crippen molar-refractivity contribution in [1.82, 2.24) is 0 Å². The van der Waals surface area contributed by atoms with Gasteiger partial charge in [0, 0.05) is 31.2 Å². The van der Waals surface area contributed by atoms with Crippen LogP contribution in [0.25, 0.3) is 0 Å². The number of hydrogen-bond acceptors (Lipinski definition) is 3. The van der Waals surface area contributed by atoms with Crippen molar-refractivity contribution in [2.45, 2.75) is 12.5 Å². The Bertz CT molecular complexity index is 932. The highest BCUT2D eigenvalue weighted by Crippen LogP contribution is 2.37. The van der Waals surface area contributed by atoms with Crippen molar-refractivity contribution in [1.29, 1.82) is 0 Å². The van der Waals surface area contributed by atoms with Crippen molar-refractivity contribution < 1.29 is 0 Å². The minimum atomic E-state index is 0.175. The number of nitrogens with zero attached hydrogens (tertiary/aromatic N) is 3. The maximum Gasteiger partial charge on any atom is 0.0831 e. The van der Waals surface area contributed by atoms with Crippen LogP contribution in [-0.2, 0) is 0 Å². The molecule has 0 radical (unpaired) electrons. The van der Waals surface area contributed by atoms with Crippen molar-refractivity contribution in [2.75, 3.05) is 24.0 Å². The molecule has 1 aliphatic heterocycles. The molecule has 0 spiro atoms. The largest absolute Gasteiger partial charge is 0.378 e. The molecule has 0 saturated heterocycles. The van der Waals surface area contributed by atoms with Gasteiger partial charge in [0.2, 0.25) is 0 Å². The molecule has 136 valence electrons. The standard InChI is InChI=1S/C23H22ClN3/c1-26(2)20-14-10-18(11-15-20)23-16-22(17-8-12-19(24)13-9-17)25-27(23)21-6-4-3-5-7-21/h3-15,23H,16H2,1-2H3/t23-/m1/s1. The van der Waals surface area contributed by atoms with Crippen LogP contribution >= 0.6 is 11.6 Å². The van der Waals surface area contributed by atoms with Crippen LogP contribution < -0.4 is 9.91 Å². The van der Waals surface area contributed by atoms with Crippen LogP contribution in [0.5, 0.6) is 0 Å². The highest BCUT2D eigenvalue weighted by Gasteiger charge is 2.29. The Hall–Kier alpha value is -2.78. The quantitative estimate of drug-likeness (QED) is 0.577. The zero-order chi connectivity index (χ0) is 18.8. The normalized spacial score (nSPS) is 16.3. The molecule has 1 aliphatic rings. The van der Waals surface area contributed by atoms with Gasteiger partial charge in [-0.2, -0.15) is 5.10 Å². The zero-order valence-electron chi connectivity index (χ0n) is 15.5. The van der Waals surface area contributed by atoms with Crippen LogP contribution in [-0.4, -0.2) is 19.8 Å². The first-order valence-electron chi connectivity index (χ1n) is 9.07. The monoisotopic (exact) mass is 375 g/mol. The summed E-state index contributed by atoms with van der Waals surface area (Å²) in [5, 5.41) is 7.85. The number of para-hydroxylation sites is 1. The molecule has 1 heterocycles. The third-order valence-corrected chi connectivity index (χ3v) is 5.15. The summed E-state index contributed by atoms with van der Waals surface area (Å²) in [4.78, 5) is 2.11. The predicted molar refractivity (Wildman–Crippen MR) is 115 cm³/mol. The second-order valence-electron chi connectivity index (χ2n) is 6.94. The predicted octanol–water partition coefficient (Wildman–Crippen LogP) is 5.76. The fourth-order valence-corrected chi connectivity index (χ4v) is 3.53. The molecule has 3 aromatic carbocycles. The molecule has 1 atom stereocenters. The SMILES string of the molecule is CN(C)c1ccc([C@H]2CC(c3ccc(Cl)cc3)=NN2c2ccccc2)cc1. The summed E-state index contributed by atoms with van der Waals surface area (Å²) >= 11 is 6.05. The number of hydrogen-bond donors (Lipinski definition) is 0. The van der Waals surface area contributed by atoms with Gasteiger partial charge in [-0.05, 0) is 47.5 Å². The Labute approximate surface area is 165 Å². The van der Waals surface area contributed by atoms with Crippen molar-refractivity contribution in [3.05, 3.63) is 95.0 Å². The van der Waals surface area contributed by atoms with Crippen LogP contribution in [0.4, 0.5) is 11.4 Å². The van der Waals surface area contributed by atoms with Gasteiger partial charge in [0.1, 0.15) is 0 Å². The number of hydrazone groups is 1. The minimum absolute atomic E-state index is 0.175. The first kappa shape index (κ1) is 17.6. The molecule has 4 rings (SSSR count). The van der Waals surface area contributed by atoms with Crippen molar-refractivity contribution in [2.24, 2.45) is 5.10 Å². The summed E-state index contributed by atoms with van der Waals surface area (Å²) in [5.74, 6) is 0. The van der Waals surface area contributed by atoms with Crippen LogP contribution in [0.3, 0.4) is 0 Å². The molecule has 0 aliphatic carbocycles. The highest BCUT2D eigenvalue weighted by molar-refractivity contribution is 6.30. The average Bonchev–Trinajstić information content (AvgIpc) is 3.15. The number of halogens is 1. The van der Waals surface area contributed by atoms with Gasteiger partial charge in [-0.3, -0.25) is 5.01 Å². The molecule has 0 amide bonds. The Morgan fingerprint density at radius 3 is 2.19 bits per heavy atom. The molecule has 3 aromatic rings. The van der Waals surface area contributed by atoms with Gasteiger partial charge in [-0.15, -0.1) is 0 Å². The number of anilines is 2. The lowest BCUT2D eigenvalue weighted by molar-refractivity contribution is 0.709. The van der Waals surface area contributed by atoms with Crippen molar-refractivity contribution in [3.8, 4) is 0 Å². The Kier molecular flexibility index (Phi) is 4.87. The summed E-state index contributed by atoms with van der Waals surface area (Å²) in [5.41, 5.74) is 5.76. The number of rotatable bonds is 4. The average molecular weight is 376 g/mol. The Morgan fingerprint density at radius 2 is 1.56 bits per heavy atom. The van der Waals surface area contributed by atoms with Crippen molar-refractivity contribution in [3.63, 3.8) is 0 Å². The summed E-state index contributed by atoms with van der Waals surface area (Å²) < 4.78 is 0. The second-order valence-corrected chi connectivity index (χ2v) is 7.38. The third kappa shape index (κ3) is 3.69. The van der Waals surface area contributed by atoms with E-state index in [0.29, 0.717) is 0 Å². The van der Waals surface area contributed by atoms with E-state index < -0.39 is 0 Å². The minimum Gasteiger partial charge on any atom is -0.378 e. The fourth-order valence-electron chi connectivity index (χ4n) is 3.40. The Morgan fingerprint density at radius 1 is 0.889 bits per heavy atom. The molecule has 0 N–H and O–H groups in total. The van der Waals surface area contributed by atoms with E-state index in [1.807, 2.05) is 30.3 Å². The lowest BCUT2D eigenvalue weighted by atomic mass is 9.98. The van der Waals surface area contributed by atoms with E-state index in [1.54, 1.807) is 0 Å². The van der Waals surface area contributed by atoms with Gasteiger partial charge in [0.05, 0.1) is 17.4 Å². The van der Waals surface area contributed by atoms with Crippen LogP contribution in [0.1, 0.15) is 23.6 Å². The molecule has 0 fully saturated rings.